The zero-order valence-corrected chi connectivity index (χ0v) is 17.5. The lowest BCUT2D eigenvalue weighted by molar-refractivity contribution is 0.0740. The summed E-state index contributed by atoms with van der Waals surface area (Å²) in [7, 11) is 0. The summed E-state index contributed by atoms with van der Waals surface area (Å²) in [5, 5.41) is 18.0. The number of benzene rings is 2. The van der Waals surface area contributed by atoms with Crippen molar-refractivity contribution in [3.63, 3.8) is 0 Å². The minimum Gasteiger partial charge on any atom is -0.507 e. The van der Waals surface area contributed by atoms with Crippen molar-refractivity contribution in [3.8, 4) is 17.0 Å². The second-order valence-electron chi connectivity index (χ2n) is 8.00. The molecule has 6 heteroatoms. The number of phenolic OH excluding ortho intramolecular Hbond substituents is 1. The number of carbonyl (C=O) groups excluding carboxylic acids is 1. The number of rotatable bonds is 6. The Hall–Kier alpha value is -3.15. The van der Waals surface area contributed by atoms with Crippen LogP contribution in [0.25, 0.3) is 11.3 Å². The van der Waals surface area contributed by atoms with Gasteiger partial charge in [0.15, 0.2) is 0 Å². The van der Waals surface area contributed by atoms with Gasteiger partial charge in [0, 0.05) is 17.7 Å². The van der Waals surface area contributed by atoms with E-state index >= 15 is 0 Å². The van der Waals surface area contributed by atoms with E-state index in [1.807, 2.05) is 24.8 Å². The van der Waals surface area contributed by atoms with Crippen molar-refractivity contribution >= 4 is 5.91 Å². The number of nitrogens with zero attached hydrogens (tertiary/aromatic N) is 2. The SMILES string of the molecule is CCCCCN1C(=O)c2[nH]nc(-c3c(C)cc(C)cc3O)c2C1c1ccc(F)cc1. The summed E-state index contributed by atoms with van der Waals surface area (Å²) < 4.78 is 13.6. The number of unbranched alkanes of at least 4 members (excludes halogenated alkanes) is 2. The van der Waals surface area contributed by atoms with Gasteiger partial charge in [0.2, 0.25) is 0 Å². The second kappa shape index (κ2) is 7.94. The van der Waals surface area contributed by atoms with Crippen molar-refractivity contribution < 1.29 is 14.3 Å². The highest BCUT2D eigenvalue weighted by molar-refractivity contribution is 6.00. The summed E-state index contributed by atoms with van der Waals surface area (Å²) in [6.07, 6.45) is 2.97. The largest absolute Gasteiger partial charge is 0.507 e. The molecule has 3 aromatic rings. The molecule has 2 aromatic carbocycles. The monoisotopic (exact) mass is 407 g/mol. The maximum atomic E-state index is 13.6. The first-order valence-corrected chi connectivity index (χ1v) is 10.4. The third kappa shape index (κ3) is 3.36. The average Bonchev–Trinajstić information content (AvgIpc) is 3.22. The standard InChI is InChI=1S/C24H26FN3O2/c1-4-5-6-11-28-23(16-7-9-17(25)10-8-16)20-21(26-27-22(20)24(28)30)19-15(3)12-14(2)13-18(19)29/h7-10,12-13,23,29H,4-6,11H2,1-3H3,(H,26,27). The molecule has 1 aliphatic heterocycles. The molecule has 4 rings (SSSR count). The van der Waals surface area contributed by atoms with Crippen LogP contribution >= 0.6 is 0 Å². The van der Waals surface area contributed by atoms with Gasteiger partial charge in [0.1, 0.15) is 23.0 Å². The number of aromatic nitrogens is 2. The fourth-order valence-corrected chi connectivity index (χ4v) is 4.39. The van der Waals surface area contributed by atoms with Crippen LogP contribution in [0.4, 0.5) is 4.39 Å². The number of hydrogen-bond donors (Lipinski definition) is 2. The topological polar surface area (TPSA) is 69.2 Å². The summed E-state index contributed by atoms with van der Waals surface area (Å²) >= 11 is 0. The Bertz CT molecular complexity index is 1070. The molecule has 5 nitrogen and oxygen atoms in total. The molecule has 156 valence electrons. The van der Waals surface area contributed by atoms with Crippen LogP contribution in [0.15, 0.2) is 36.4 Å². The maximum absolute atomic E-state index is 13.6. The smallest absolute Gasteiger partial charge is 0.273 e. The summed E-state index contributed by atoms with van der Waals surface area (Å²) in [6, 6.07) is 9.57. The van der Waals surface area contributed by atoms with Gasteiger partial charge in [-0.3, -0.25) is 9.89 Å². The van der Waals surface area contributed by atoms with Gasteiger partial charge >= 0.3 is 0 Å². The molecule has 0 fully saturated rings. The molecular weight excluding hydrogens is 381 g/mol. The molecule has 1 aromatic heterocycles. The first-order valence-electron chi connectivity index (χ1n) is 10.4. The first-order chi connectivity index (χ1) is 14.4. The third-order valence-electron chi connectivity index (χ3n) is 5.75. The Morgan fingerprint density at radius 1 is 1.17 bits per heavy atom. The van der Waals surface area contributed by atoms with Gasteiger partial charge < -0.3 is 10.0 Å². The van der Waals surface area contributed by atoms with Gasteiger partial charge in [-0.1, -0.05) is 38.0 Å². The minimum atomic E-state index is -0.376. The van der Waals surface area contributed by atoms with E-state index in [9.17, 15) is 14.3 Å². The predicted octanol–water partition coefficient (Wildman–Crippen LogP) is 5.27. The summed E-state index contributed by atoms with van der Waals surface area (Å²) in [5.41, 5.74) is 5.03. The van der Waals surface area contributed by atoms with E-state index in [1.54, 1.807) is 18.2 Å². The molecule has 0 saturated carbocycles. The van der Waals surface area contributed by atoms with E-state index < -0.39 is 0 Å². The van der Waals surface area contributed by atoms with Gasteiger partial charge in [0.05, 0.1) is 6.04 Å². The van der Waals surface area contributed by atoms with Crippen molar-refractivity contribution in [2.24, 2.45) is 0 Å². The summed E-state index contributed by atoms with van der Waals surface area (Å²) in [4.78, 5) is 15.1. The number of nitrogens with one attached hydrogen (secondary N) is 1. The fourth-order valence-electron chi connectivity index (χ4n) is 4.39. The third-order valence-corrected chi connectivity index (χ3v) is 5.75. The average molecular weight is 407 g/mol. The molecule has 1 amide bonds. The van der Waals surface area contributed by atoms with Crippen LogP contribution in [0, 0.1) is 19.7 Å². The zero-order chi connectivity index (χ0) is 21.4. The van der Waals surface area contributed by atoms with Gasteiger partial charge in [-0.2, -0.15) is 5.10 Å². The van der Waals surface area contributed by atoms with Crippen LogP contribution in [0.1, 0.15) is 65.0 Å². The summed E-state index contributed by atoms with van der Waals surface area (Å²) in [5.74, 6) is -0.296. The molecule has 30 heavy (non-hydrogen) atoms. The van der Waals surface area contributed by atoms with Gasteiger partial charge in [-0.05, 0) is 55.2 Å². The Morgan fingerprint density at radius 3 is 2.57 bits per heavy atom. The lowest BCUT2D eigenvalue weighted by atomic mass is 9.93. The van der Waals surface area contributed by atoms with Crippen molar-refractivity contribution in [2.45, 2.75) is 46.1 Å². The quantitative estimate of drug-likeness (QED) is 0.547. The maximum Gasteiger partial charge on any atom is 0.273 e. The molecule has 0 radical (unpaired) electrons. The lowest BCUT2D eigenvalue weighted by Gasteiger charge is -2.26. The van der Waals surface area contributed by atoms with Crippen molar-refractivity contribution in [3.05, 3.63) is 70.2 Å². The number of aromatic hydroxyl groups is 1. The minimum absolute atomic E-state index is 0.113. The van der Waals surface area contributed by atoms with Crippen LogP contribution < -0.4 is 0 Å². The van der Waals surface area contributed by atoms with Gasteiger partial charge in [0.25, 0.3) is 5.91 Å². The normalized spacial score (nSPS) is 15.7. The Labute approximate surface area is 175 Å². The highest BCUT2D eigenvalue weighted by Crippen LogP contribution is 2.45. The highest BCUT2D eigenvalue weighted by Gasteiger charge is 2.42. The fraction of sp³-hybridized carbons (Fsp3) is 0.333. The molecule has 0 spiro atoms. The van der Waals surface area contributed by atoms with E-state index in [0.717, 1.165) is 41.5 Å². The number of aromatic amines is 1. The molecule has 0 bridgehead atoms. The molecule has 1 aliphatic rings. The van der Waals surface area contributed by atoms with E-state index in [0.29, 0.717) is 23.5 Å². The number of amides is 1. The number of phenols is 1. The molecule has 1 atom stereocenters. The molecule has 0 saturated heterocycles. The van der Waals surface area contributed by atoms with Gasteiger partial charge in [-0.15, -0.1) is 0 Å². The van der Waals surface area contributed by atoms with E-state index in [1.165, 1.54) is 12.1 Å². The van der Waals surface area contributed by atoms with Gasteiger partial charge in [-0.25, -0.2) is 4.39 Å². The number of H-pyrrole nitrogens is 1. The van der Waals surface area contributed by atoms with Crippen molar-refractivity contribution in [1.29, 1.82) is 0 Å². The van der Waals surface area contributed by atoms with Crippen LogP contribution in [0.5, 0.6) is 5.75 Å². The van der Waals surface area contributed by atoms with E-state index in [2.05, 4.69) is 17.1 Å². The molecule has 2 N–H and O–H groups in total. The Balaban J connectivity index is 1.87. The predicted molar refractivity (Wildman–Crippen MR) is 114 cm³/mol. The van der Waals surface area contributed by atoms with Crippen LogP contribution in [0.3, 0.4) is 0 Å². The van der Waals surface area contributed by atoms with Crippen LogP contribution in [-0.4, -0.2) is 32.7 Å². The van der Waals surface area contributed by atoms with Crippen LogP contribution in [-0.2, 0) is 0 Å². The Kier molecular flexibility index (Phi) is 5.33. The zero-order valence-electron chi connectivity index (χ0n) is 17.5. The number of carbonyl (C=O) groups is 1. The van der Waals surface area contributed by atoms with E-state index in [4.69, 9.17) is 0 Å². The first kappa shape index (κ1) is 20.1. The highest BCUT2D eigenvalue weighted by atomic mass is 19.1. The number of aryl methyl sites for hydroxylation is 2. The molecular formula is C24H26FN3O2. The van der Waals surface area contributed by atoms with Crippen molar-refractivity contribution in [1.82, 2.24) is 15.1 Å². The summed E-state index contributed by atoms with van der Waals surface area (Å²) in [6.45, 7) is 6.57. The second-order valence-corrected chi connectivity index (χ2v) is 8.00. The molecule has 0 aliphatic carbocycles. The number of hydrogen-bond acceptors (Lipinski definition) is 3. The number of halogens is 1. The van der Waals surface area contributed by atoms with E-state index in [-0.39, 0.29) is 23.5 Å². The Morgan fingerprint density at radius 2 is 1.90 bits per heavy atom. The molecule has 1 unspecified atom stereocenters. The lowest BCUT2D eigenvalue weighted by Crippen LogP contribution is -2.30. The molecule has 2 heterocycles. The van der Waals surface area contributed by atoms with Crippen molar-refractivity contribution in [2.75, 3.05) is 6.54 Å². The number of fused-ring (bicyclic) bond motifs is 1. The van der Waals surface area contributed by atoms with Crippen LogP contribution in [0.2, 0.25) is 0 Å².